The molecule has 2 fully saturated rings. The van der Waals surface area contributed by atoms with Crippen molar-refractivity contribution >= 4 is 17.7 Å². The van der Waals surface area contributed by atoms with Crippen LogP contribution in [0.2, 0.25) is 0 Å². The lowest BCUT2D eigenvalue weighted by atomic mass is 9.76. The first-order chi connectivity index (χ1) is 19.0. The molecule has 5 rings (SSSR count). The predicted octanol–water partition coefficient (Wildman–Crippen LogP) is 2.76. The van der Waals surface area contributed by atoms with Gasteiger partial charge >= 0.3 is 12.1 Å². The zero-order valence-electron chi connectivity index (χ0n) is 21.7. The number of carboxylic acid groups (broad SMARTS) is 1. The number of ether oxygens (including phenoxy) is 1. The summed E-state index contributed by atoms with van der Waals surface area (Å²) in [6.45, 7) is 3.00. The lowest BCUT2D eigenvalue weighted by Crippen LogP contribution is -2.41. The number of halogens is 3. The van der Waals surface area contributed by atoms with Crippen LogP contribution in [0.1, 0.15) is 42.2 Å². The topological polar surface area (TPSA) is 152 Å². The predicted molar refractivity (Wildman–Crippen MR) is 138 cm³/mol. The van der Waals surface area contributed by atoms with Gasteiger partial charge in [-0.3, -0.25) is 4.79 Å². The fourth-order valence-electron chi connectivity index (χ4n) is 5.42. The van der Waals surface area contributed by atoms with Crippen molar-refractivity contribution in [1.29, 1.82) is 0 Å². The van der Waals surface area contributed by atoms with E-state index in [0.717, 1.165) is 0 Å². The summed E-state index contributed by atoms with van der Waals surface area (Å²) in [4.78, 5) is 21.4. The summed E-state index contributed by atoms with van der Waals surface area (Å²) in [5.74, 6) is -1.12. The van der Waals surface area contributed by atoms with E-state index in [-0.39, 0.29) is 35.1 Å². The number of aliphatic hydroxyl groups is 1. The van der Waals surface area contributed by atoms with Crippen molar-refractivity contribution in [3.63, 3.8) is 0 Å². The highest BCUT2D eigenvalue weighted by molar-refractivity contribution is 5.74. The zero-order chi connectivity index (χ0) is 28.7. The van der Waals surface area contributed by atoms with Gasteiger partial charge in [0.05, 0.1) is 18.0 Å². The van der Waals surface area contributed by atoms with Crippen LogP contribution in [0.25, 0.3) is 5.69 Å². The van der Waals surface area contributed by atoms with Gasteiger partial charge in [-0.2, -0.15) is 28.2 Å². The third kappa shape index (κ3) is 5.68. The fourth-order valence-corrected chi connectivity index (χ4v) is 5.42. The Bertz CT molecular complexity index is 1390. The molecule has 214 valence electrons. The molecular formula is C26H30F3N7O4. The number of hydrogen-bond donors (Lipinski definition) is 4. The van der Waals surface area contributed by atoms with Crippen LogP contribution in [-0.2, 0) is 11.4 Å². The van der Waals surface area contributed by atoms with Gasteiger partial charge in [0, 0.05) is 37.5 Å². The molecule has 2 aliphatic heterocycles. The third-order valence-corrected chi connectivity index (χ3v) is 7.58. The summed E-state index contributed by atoms with van der Waals surface area (Å²) in [5, 5.41) is 26.2. The van der Waals surface area contributed by atoms with Gasteiger partial charge in [-0.15, -0.1) is 0 Å². The van der Waals surface area contributed by atoms with Crippen LogP contribution >= 0.6 is 0 Å². The molecule has 0 bridgehead atoms. The van der Waals surface area contributed by atoms with E-state index < -0.39 is 24.3 Å². The van der Waals surface area contributed by atoms with Crippen LogP contribution in [0.5, 0.6) is 5.88 Å². The minimum Gasteiger partial charge on any atom is -0.480 e. The van der Waals surface area contributed by atoms with E-state index in [2.05, 4.69) is 20.4 Å². The summed E-state index contributed by atoms with van der Waals surface area (Å²) < 4.78 is 50.2. The molecule has 2 aliphatic rings. The second-order valence-corrected chi connectivity index (χ2v) is 10.4. The summed E-state index contributed by atoms with van der Waals surface area (Å²) >= 11 is 0. The van der Waals surface area contributed by atoms with Crippen molar-refractivity contribution in [3.05, 3.63) is 53.3 Å². The van der Waals surface area contributed by atoms with E-state index in [1.807, 2.05) is 4.90 Å². The number of anilines is 2. The number of rotatable bonds is 7. The highest BCUT2D eigenvalue weighted by Gasteiger charge is 2.46. The summed E-state index contributed by atoms with van der Waals surface area (Å²) in [5.41, 5.74) is 6.65. The summed E-state index contributed by atoms with van der Waals surface area (Å²) in [7, 11) is 0. The number of aliphatic carboxylic acids is 1. The van der Waals surface area contributed by atoms with Crippen LogP contribution < -0.4 is 20.7 Å². The van der Waals surface area contributed by atoms with E-state index in [9.17, 15) is 28.2 Å². The maximum atomic E-state index is 14.5. The molecular weight excluding hydrogens is 531 g/mol. The van der Waals surface area contributed by atoms with Crippen molar-refractivity contribution in [3.8, 4) is 11.6 Å². The van der Waals surface area contributed by atoms with Crippen molar-refractivity contribution in [1.82, 2.24) is 25.1 Å². The molecule has 11 nitrogen and oxygen atoms in total. The first-order valence-corrected chi connectivity index (χ1v) is 12.8. The number of alkyl halides is 3. The van der Waals surface area contributed by atoms with Crippen LogP contribution in [0, 0.1) is 12.3 Å². The maximum Gasteiger partial charge on any atom is 0.429 e. The van der Waals surface area contributed by atoms with Crippen LogP contribution in [0.3, 0.4) is 0 Å². The Labute approximate surface area is 227 Å². The monoisotopic (exact) mass is 561 g/mol. The molecule has 5 N–H and O–H groups in total. The van der Waals surface area contributed by atoms with Gasteiger partial charge in [0.15, 0.2) is 0 Å². The van der Waals surface area contributed by atoms with Gasteiger partial charge in [-0.1, -0.05) is 12.1 Å². The van der Waals surface area contributed by atoms with Crippen molar-refractivity contribution in [2.24, 2.45) is 5.41 Å². The molecule has 4 heterocycles. The lowest BCUT2D eigenvalue weighted by Gasteiger charge is -2.39. The van der Waals surface area contributed by atoms with Gasteiger partial charge in [0.2, 0.25) is 17.9 Å². The maximum absolute atomic E-state index is 14.5. The Hall–Kier alpha value is -3.91. The van der Waals surface area contributed by atoms with Gasteiger partial charge in [0.1, 0.15) is 11.9 Å². The Kier molecular flexibility index (Phi) is 7.31. The quantitative estimate of drug-likeness (QED) is 0.339. The number of aliphatic hydroxyl groups excluding tert-OH is 1. The Morgan fingerprint density at radius 2 is 2.00 bits per heavy atom. The lowest BCUT2D eigenvalue weighted by molar-refractivity contribution is -0.198. The number of hydrogen-bond acceptors (Lipinski definition) is 9. The second-order valence-electron chi connectivity index (χ2n) is 10.4. The first kappa shape index (κ1) is 27.6. The zero-order valence-corrected chi connectivity index (χ0v) is 21.7. The van der Waals surface area contributed by atoms with Crippen LogP contribution in [-0.4, -0.2) is 67.8 Å². The number of nitrogens with two attached hydrogens (primary N) is 1. The van der Waals surface area contributed by atoms with E-state index in [4.69, 9.17) is 10.5 Å². The highest BCUT2D eigenvalue weighted by Crippen LogP contribution is 2.42. The Balaban J connectivity index is 1.41. The van der Waals surface area contributed by atoms with Gasteiger partial charge in [-0.05, 0) is 49.3 Å². The van der Waals surface area contributed by atoms with E-state index >= 15 is 0 Å². The third-order valence-electron chi connectivity index (χ3n) is 7.58. The number of nitrogens with zero attached hydrogens (tertiary/aromatic N) is 5. The average molecular weight is 562 g/mol. The molecule has 2 saturated heterocycles. The highest BCUT2D eigenvalue weighted by atomic mass is 19.4. The minimum absolute atomic E-state index is 0.107. The fraction of sp³-hybridized carbons (Fsp3) is 0.462. The molecule has 0 amide bonds. The number of benzene rings is 1. The molecule has 3 aromatic rings. The van der Waals surface area contributed by atoms with Gasteiger partial charge < -0.3 is 30.9 Å². The van der Waals surface area contributed by atoms with E-state index in [1.54, 1.807) is 13.0 Å². The van der Waals surface area contributed by atoms with Crippen molar-refractivity contribution < 1.29 is 32.9 Å². The molecule has 2 atom stereocenters. The minimum atomic E-state index is -4.83. The van der Waals surface area contributed by atoms with E-state index in [0.29, 0.717) is 56.0 Å². The first-order valence-electron chi connectivity index (χ1n) is 12.8. The molecule has 0 unspecified atom stereocenters. The van der Waals surface area contributed by atoms with Crippen LogP contribution in [0.4, 0.5) is 24.9 Å². The Morgan fingerprint density at radius 3 is 2.60 bits per heavy atom. The molecule has 0 radical (unpaired) electrons. The number of carboxylic acids is 1. The Morgan fingerprint density at radius 1 is 1.25 bits per heavy atom. The SMILES string of the molecule is Cc1ccn(-c2cc(CO)ccc2[C@@H](Oc2cc(N3CCC4(CC3)CN[C@H](C(=O)O)C4)nc(N)n2)C(F)(F)F)n1. The van der Waals surface area contributed by atoms with Crippen molar-refractivity contribution in [2.45, 2.75) is 51.1 Å². The smallest absolute Gasteiger partial charge is 0.429 e. The second kappa shape index (κ2) is 10.6. The molecule has 0 saturated carbocycles. The number of aromatic nitrogens is 4. The van der Waals surface area contributed by atoms with Gasteiger partial charge in [0.25, 0.3) is 0 Å². The largest absolute Gasteiger partial charge is 0.480 e. The number of piperidine rings is 1. The molecule has 1 aromatic carbocycles. The molecule has 1 spiro atoms. The average Bonchev–Trinajstić information content (AvgIpc) is 3.53. The summed E-state index contributed by atoms with van der Waals surface area (Å²) in [6, 6.07) is 6.49. The number of aryl methyl sites for hydroxylation is 1. The molecule has 40 heavy (non-hydrogen) atoms. The van der Waals surface area contributed by atoms with E-state index in [1.165, 1.54) is 35.1 Å². The molecule has 14 heteroatoms. The summed E-state index contributed by atoms with van der Waals surface area (Å²) in [6.07, 6.45) is -3.80. The van der Waals surface area contributed by atoms with Crippen molar-refractivity contribution in [2.75, 3.05) is 30.3 Å². The standard InChI is InChI=1S/C26H30F3N7O4/c1-15-4-7-36(34-15)19-10-16(13-37)2-3-17(19)22(26(27,28)29)40-21-11-20(32-24(30)33-21)35-8-5-25(6-9-35)12-18(23(38)39)31-14-25/h2-4,7,10-11,18,22,31,37H,5-6,8-9,12-14H2,1H3,(H,38,39)(H2,30,32,33)/t18-,22+/m0/s1. The number of nitrogen functional groups attached to an aromatic ring is 1. The molecule has 2 aromatic heterocycles. The van der Waals surface area contributed by atoms with Crippen LogP contribution in [0.15, 0.2) is 36.5 Å². The molecule has 0 aliphatic carbocycles. The normalized spacial score (nSPS) is 19.6. The van der Waals surface area contributed by atoms with Gasteiger partial charge in [-0.25, -0.2) is 4.68 Å². The number of nitrogens with one attached hydrogen (secondary N) is 1. The number of carbonyl (C=O) groups is 1.